The molecule has 16 heavy (non-hydrogen) atoms. The number of rotatable bonds is 5. The summed E-state index contributed by atoms with van der Waals surface area (Å²) in [5.74, 6) is 0.660. The number of nitrogens with one attached hydrogen (secondary N) is 2. The van der Waals surface area contributed by atoms with Crippen LogP contribution in [0.2, 0.25) is 0 Å². The van der Waals surface area contributed by atoms with Gasteiger partial charge in [-0.15, -0.1) is 0 Å². The third-order valence-electron chi connectivity index (χ3n) is 1.86. The molecule has 0 heterocycles. The van der Waals surface area contributed by atoms with Gasteiger partial charge in [-0.05, 0) is 19.1 Å². The zero-order valence-corrected chi connectivity index (χ0v) is 9.32. The fourth-order valence-electron chi connectivity index (χ4n) is 1.20. The third kappa shape index (κ3) is 3.78. The smallest absolute Gasteiger partial charge is 0.319 e. The number of para-hydroxylation sites is 2. The number of carbonyl (C=O) groups is 1. The standard InChI is InChI=1S/C11H17N3O2/c1-2-16-10-6-4-3-5-9(10)14-11(15)13-8-7-12/h3-6H,2,7-8,12H2,1H3,(H2,13,14,15). The molecule has 0 saturated heterocycles. The molecule has 1 rings (SSSR count). The van der Waals surface area contributed by atoms with E-state index in [0.717, 1.165) is 0 Å². The van der Waals surface area contributed by atoms with Gasteiger partial charge in [0.05, 0.1) is 12.3 Å². The number of benzene rings is 1. The minimum absolute atomic E-state index is 0.280. The second-order valence-corrected chi connectivity index (χ2v) is 3.10. The van der Waals surface area contributed by atoms with Crippen LogP contribution in [0.25, 0.3) is 0 Å². The van der Waals surface area contributed by atoms with Crippen molar-refractivity contribution in [2.45, 2.75) is 6.92 Å². The quantitative estimate of drug-likeness (QED) is 0.701. The van der Waals surface area contributed by atoms with Crippen LogP contribution >= 0.6 is 0 Å². The molecule has 0 radical (unpaired) electrons. The predicted octanol–water partition coefficient (Wildman–Crippen LogP) is 1.17. The van der Waals surface area contributed by atoms with Gasteiger partial charge in [-0.25, -0.2) is 4.79 Å². The Balaban J connectivity index is 2.61. The van der Waals surface area contributed by atoms with Crippen LogP contribution in [0.3, 0.4) is 0 Å². The van der Waals surface area contributed by atoms with E-state index >= 15 is 0 Å². The lowest BCUT2D eigenvalue weighted by Crippen LogP contribution is -2.32. The predicted molar refractivity (Wildman–Crippen MR) is 63.7 cm³/mol. The Morgan fingerprint density at radius 1 is 1.44 bits per heavy atom. The average Bonchev–Trinajstić information content (AvgIpc) is 2.29. The Labute approximate surface area is 95.0 Å². The Morgan fingerprint density at radius 2 is 2.19 bits per heavy atom. The zero-order chi connectivity index (χ0) is 11.8. The maximum absolute atomic E-state index is 11.4. The summed E-state index contributed by atoms with van der Waals surface area (Å²) >= 11 is 0. The Kier molecular flexibility index (Phi) is 5.15. The van der Waals surface area contributed by atoms with Gasteiger partial charge in [-0.2, -0.15) is 0 Å². The van der Waals surface area contributed by atoms with Crippen LogP contribution < -0.4 is 21.1 Å². The average molecular weight is 223 g/mol. The first-order valence-electron chi connectivity index (χ1n) is 5.24. The van der Waals surface area contributed by atoms with Crippen LogP contribution in [0.15, 0.2) is 24.3 Å². The monoisotopic (exact) mass is 223 g/mol. The summed E-state index contributed by atoms with van der Waals surface area (Å²) in [5.41, 5.74) is 5.93. The van der Waals surface area contributed by atoms with E-state index in [1.807, 2.05) is 25.1 Å². The molecular formula is C11H17N3O2. The number of carbonyl (C=O) groups excluding carboxylic acids is 1. The molecule has 0 unspecified atom stereocenters. The first-order chi connectivity index (χ1) is 7.77. The van der Waals surface area contributed by atoms with Gasteiger partial charge in [0.25, 0.3) is 0 Å². The molecule has 4 N–H and O–H groups in total. The molecule has 0 aliphatic heterocycles. The highest BCUT2D eigenvalue weighted by Gasteiger charge is 2.05. The number of hydrogen-bond donors (Lipinski definition) is 3. The maximum Gasteiger partial charge on any atom is 0.319 e. The molecule has 0 bridgehead atoms. The van der Waals surface area contributed by atoms with Crippen LogP contribution in [0.1, 0.15) is 6.92 Å². The van der Waals surface area contributed by atoms with Crippen LogP contribution in [-0.2, 0) is 0 Å². The van der Waals surface area contributed by atoms with E-state index in [2.05, 4.69) is 10.6 Å². The normalized spacial score (nSPS) is 9.62. The SMILES string of the molecule is CCOc1ccccc1NC(=O)NCCN. The van der Waals surface area contributed by atoms with E-state index in [4.69, 9.17) is 10.5 Å². The Bertz CT molecular complexity index is 342. The van der Waals surface area contributed by atoms with E-state index in [1.54, 1.807) is 6.07 Å². The van der Waals surface area contributed by atoms with Crippen molar-refractivity contribution in [3.63, 3.8) is 0 Å². The number of urea groups is 1. The number of ether oxygens (including phenoxy) is 1. The molecule has 1 aromatic carbocycles. The Morgan fingerprint density at radius 3 is 2.88 bits per heavy atom. The first-order valence-corrected chi connectivity index (χ1v) is 5.24. The Hall–Kier alpha value is -1.75. The summed E-state index contributed by atoms with van der Waals surface area (Å²) in [4.78, 5) is 11.4. The van der Waals surface area contributed by atoms with Crippen molar-refractivity contribution in [2.24, 2.45) is 5.73 Å². The van der Waals surface area contributed by atoms with E-state index in [9.17, 15) is 4.79 Å². The van der Waals surface area contributed by atoms with Gasteiger partial charge in [0.15, 0.2) is 0 Å². The van der Waals surface area contributed by atoms with Crippen molar-refractivity contribution in [1.29, 1.82) is 0 Å². The lowest BCUT2D eigenvalue weighted by molar-refractivity contribution is 0.252. The van der Waals surface area contributed by atoms with Crippen molar-refractivity contribution in [2.75, 3.05) is 25.0 Å². The van der Waals surface area contributed by atoms with Gasteiger partial charge < -0.3 is 21.1 Å². The highest BCUT2D eigenvalue weighted by Crippen LogP contribution is 2.23. The van der Waals surface area contributed by atoms with E-state index in [0.29, 0.717) is 31.1 Å². The van der Waals surface area contributed by atoms with Crippen molar-refractivity contribution in [3.05, 3.63) is 24.3 Å². The van der Waals surface area contributed by atoms with Gasteiger partial charge in [0.2, 0.25) is 0 Å². The van der Waals surface area contributed by atoms with Crippen molar-refractivity contribution in [3.8, 4) is 5.75 Å². The summed E-state index contributed by atoms with van der Waals surface area (Å²) in [6.45, 7) is 3.32. The fourth-order valence-corrected chi connectivity index (χ4v) is 1.20. The van der Waals surface area contributed by atoms with E-state index < -0.39 is 0 Å². The second-order valence-electron chi connectivity index (χ2n) is 3.10. The van der Waals surface area contributed by atoms with Crippen molar-refractivity contribution >= 4 is 11.7 Å². The molecule has 0 atom stereocenters. The number of hydrogen-bond acceptors (Lipinski definition) is 3. The van der Waals surface area contributed by atoms with Crippen molar-refractivity contribution < 1.29 is 9.53 Å². The molecule has 5 nitrogen and oxygen atoms in total. The van der Waals surface area contributed by atoms with Crippen LogP contribution in [-0.4, -0.2) is 25.7 Å². The van der Waals surface area contributed by atoms with Crippen molar-refractivity contribution in [1.82, 2.24) is 5.32 Å². The molecule has 0 saturated carbocycles. The number of nitrogens with two attached hydrogens (primary N) is 1. The van der Waals surface area contributed by atoms with E-state index in [1.165, 1.54) is 0 Å². The van der Waals surface area contributed by atoms with Gasteiger partial charge >= 0.3 is 6.03 Å². The number of amides is 2. The molecule has 2 amide bonds. The second kappa shape index (κ2) is 6.68. The summed E-state index contributed by atoms with van der Waals surface area (Å²) in [6.07, 6.45) is 0. The first kappa shape index (κ1) is 12.3. The van der Waals surface area contributed by atoms with Gasteiger partial charge in [0.1, 0.15) is 5.75 Å². The van der Waals surface area contributed by atoms with Crippen LogP contribution in [0.4, 0.5) is 10.5 Å². The van der Waals surface area contributed by atoms with Gasteiger partial charge in [0, 0.05) is 13.1 Å². The molecule has 1 aromatic rings. The van der Waals surface area contributed by atoms with Gasteiger partial charge in [-0.3, -0.25) is 0 Å². The molecule has 0 fully saturated rings. The summed E-state index contributed by atoms with van der Waals surface area (Å²) < 4.78 is 5.38. The maximum atomic E-state index is 11.4. The molecule has 0 aliphatic carbocycles. The lowest BCUT2D eigenvalue weighted by Gasteiger charge is -2.11. The minimum atomic E-state index is -0.280. The molecule has 88 valence electrons. The summed E-state index contributed by atoms with van der Waals surface area (Å²) in [7, 11) is 0. The molecular weight excluding hydrogens is 206 g/mol. The topological polar surface area (TPSA) is 76.4 Å². The fraction of sp³-hybridized carbons (Fsp3) is 0.364. The lowest BCUT2D eigenvalue weighted by atomic mass is 10.3. The molecule has 0 spiro atoms. The summed E-state index contributed by atoms with van der Waals surface area (Å²) in [6, 6.07) is 7.00. The summed E-state index contributed by atoms with van der Waals surface area (Å²) in [5, 5.41) is 5.32. The molecule has 0 aliphatic rings. The molecule has 0 aromatic heterocycles. The van der Waals surface area contributed by atoms with Crippen LogP contribution in [0, 0.1) is 0 Å². The highest BCUT2D eigenvalue weighted by atomic mass is 16.5. The zero-order valence-electron chi connectivity index (χ0n) is 9.32. The van der Waals surface area contributed by atoms with E-state index in [-0.39, 0.29) is 6.03 Å². The van der Waals surface area contributed by atoms with Gasteiger partial charge in [-0.1, -0.05) is 12.1 Å². The third-order valence-corrected chi connectivity index (χ3v) is 1.86. The molecule has 5 heteroatoms. The largest absolute Gasteiger partial charge is 0.492 e. The van der Waals surface area contributed by atoms with Crippen LogP contribution in [0.5, 0.6) is 5.75 Å². The number of anilines is 1. The minimum Gasteiger partial charge on any atom is -0.492 e. The highest BCUT2D eigenvalue weighted by molar-refractivity contribution is 5.90.